The number of ether oxygens (including phenoxy) is 1. The van der Waals surface area contributed by atoms with Gasteiger partial charge in [-0.15, -0.1) is 0 Å². The summed E-state index contributed by atoms with van der Waals surface area (Å²) in [7, 11) is 1.59. The molecule has 0 saturated heterocycles. The van der Waals surface area contributed by atoms with E-state index in [0.29, 0.717) is 17.0 Å². The Balaban J connectivity index is 1.95. The Morgan fingerprint density at radius 3 is 2.59 bits per heavy atom. The molecule has 0 saturated carbocycles. The second kappa shape index (κ2) is 5.74. The molecule has 0 spiro atoms. The van der Waals surface area contributed by atoms with Crippen molar-refractivity contribution in [2.75, 3.05) is 7.11 Å². The van der Waals surface area contributed by atoms with Gasteiger partial charge in [-0.1, -0.05) is 18.2 Å². The quantitative estimate of drug-likeness (QED) is 0.692. The molecular weight excluding hydrogens is 276 g/mol. The van der Waals surface area contributed by atoms with Gasteiger partial charge < -0.3 is 9.30 Å². The molecule has 108 valence electrons. The number of carbonyl (C=O) groups excluding carboxylic acids is 1. The Morgan fingerprint density at radius 2 is 1.91 bits per heavy atom. The van der Waals surface area contributed by atoms with Crippen molar-refractivity contribution in [1.29, 1.82) is 5.26 Å². The molecule has 1 aromatic heterocycles. The molecule has 0 atom stereocenters. The predicted molar refractivity (Wildman–Crippen MR) is 84.0 cm³/mol. The third-order valence-electron chi connectivity index (χ3n) is 3.64. The van der Waals surface area contributed by atoms with E-state index >= 15 is 0 Å². The van der Waals surface area contributed by atoms with E-state index in [1.54, 1.807) is 42.0 Å². The summed E-state index contributed by atoms with van der Waals surface area (Å²) >= 11 is 0. The molecule has 0 radical (unpaired) electrons. The normalized spacial score (nSPS) is 10.4. The number of para-hydroxylation sites is 1. The van der Waals surface area contributed by atoms with E-state index in [1.807, 2.05) is 24.3 Å². The highest BCUT2D eigenvalue weighted by Gasteiger charge is 2.13. The molecule has 3 rings (SSSR count). The van der Waals surface area contributed by atoms with Crippen molar-refractivity contribution in [1.82, 2.24) is 4.57 Å². The number of benzene rings is 2. The molecule has 3 aromatic rings. The summed E-state index contributed by atoms with van der Waals surface area (Å²) in [6.07, 6.45) is 0. The van der Waals surface area contributed by atoms with Crippen molar-refractivity contribution in [2.45, 2.75) is 6.54 Å². The maximum absolute atomic E-state index is 12.5. The minimum Gasteiger partial charge on any atom is -0.497 e. The van der Waals surface area contributed by atoms with Gasteiger partial charge in [-0.25, -0.2) is 0 Å². The number of fused-ring (bicyclic) bond motifs is 1. The van der Waals surface area contributed by atoms with Gasteiger partial charge in [0.25, 0.3) is 0 Å². The molecular formula is C18H14N2O2. The molecule has 22 heavy (non-hydrogen) atoms. The summed E-state index contributed by atoms with van der Waals surface area (Å²) in [4.78, 5) is 12.5. The van der Waals surface area contributed by atoms with Crippen LogP contribution < -0.4 is 4.74 Å². The highest BCUT2D eigenvalue weighted by Crippen LogP contribution is 2.20. The number of nitrogens with zero attached hydrogens (tertiary/aromatic N) is 2. The molecule has 0 fully saturated rings. The third kappa shape index (κ3) is 2.45. The summed E-state index contributed by atoms with van der Waals surface area (Å²) < 4.78 is 6.84. The van der Waals surface area contributed by atoms with E-state index < -0.39 is 0 Å². The molecule has 0 aliphatic rings. The van der Waals surface area contributed by atoms with Crippen molar-refractivity contribution < 1.29 is 9.53 Å². The predicted octanol–water partition coefficient (Wildman–Crippen LogP) is 3.40. The van der Waals surface area contributed by atoms with Gasteiger partial charge in [0.15, 0.2) is 5.78 Å². The van der Waals surface area contributed by atoms with Crippen LogP contribution in [0.25, 0.3) is 10.9 Å². The Labute approximate surface area is 128 Å². The van der Waals surface area contributed by atoms with Gasteiger partial charge in [0.05, 0.1) is 13.7 Å². The summed E-state index contributed by atoms with van der Waals surface area (Å²) in [6, 6.07) is 18.6. The van der Waals surface area contributed by atoms with Crippen LogP contribution >= 0.6 is 0 Å². The highest BCUT2D eigenvalue weighted by atomic mass is 16.5. The smallest absolute Gasteiger partial charge is 0.182 e. The van der Waals surface area contributed by atoms with Crippen LogP contribution in [0.3, 0.4) is 0 Å². The zero-order valence-corrected chi connectivity index (χ0v) is 12.1. The molecule has 0 N–H and O–H groups in total. The van der Waals surface area contributed by atoms with Crippen LogP contribution in [-0.2, 0) is 6.54 Å². The first kappa shape index (κ1) is 13.9. The second-order valence-corrected chi connectivity index (χ2v) is 4.94. The first-order chi connectivity index (χ1) is 10.7. The number of aromatic nitrogens is 1. The van der Waals surface area contributed by atoms with Crippen LogP contribution in [0.2, 0.25) is 0 Å². The van der Waals surface area contributed by atoms with E-state index in [0.717, 1.165) is 10.9 Å². The molecule has 4 nitrogen and oxygen atoms in total. The Kier molecular flexibility index (Phi) is 3.63. The molecule has 0 unspecified atom stereocenters. The molecule has 0 aliphatic heterocycles. The lowest BCUT2D eigenvalue weighted by molar-refractivity contribution is 0.0973. The Bertz CT molecular complexity index is 870. The van der Waals surface area contributed by atoms with Crippen LogP contribution in [0, 0.1) is 11.3 Å². The van der Waals surface area contributed by atoms with Crippen molar-refractivity contribution in [3.63, 3.8) is 0 Å². The lowest BCUT2D eigenvalue weighted by Crippen LogP contribution is -2.11. The lowest BCUT2D eigenvalue weighted by atomic mass is 10.1. The zero-order valence-electron chi connectivity index (χ0n) is 12.1. The molecule has 4 heteroatoms. The Hall–Kier alpha value is -3.06. The van der Waals surface area contributed by atoms with Crippen molar-refractivity contribution in [3.05, 3.63) is 65.9 Å². The molecule has 1 heterocycles. The van der Waals surface area contributed by atoms with E-state index in [4.69, 9.17) is 4.74 Å². The number of carbonyl (C=O) groups is 1. The zero-order chi connectivity index (χ0) is 15.5. The van der Waals surface area contributed by atoms with Gasteiger partial charge in [-0.05, 0) is 36.4 Å². The summed E-state index contributed by atoms with van der Waals surface area (Å²) in [5, 5.41) is 10.2. The first-order valence-corrected chi connectivity index (χ1v) is 6.88. The molecule has 2 aromatic carbocycles. The van der Waals surface area contributed by atoms with Gasteiger partial charge in [0, 0.05) is 16.5 Å². The summed E-state index contributed by atoms with van der Waals surface area (Å²) in [5.41, 5.74) is 1.98. The number of nitriles is 1. The first-order valence-electron chi connectivity index (χ1n) is 6.88. The number of Topliss-reactive ketones (excluding diaryl/α,β-unsaturated/α-hetero) is 1. The average Bonchev–Trinajstić information content (AvgIpc) is 2.93. The monoisotopic (exact) mass is 290 g/mol. The van der Waals surface area contributed by atoms with Crippen LogP contribution in [-0.4, -0.2) is 17.5 Å². The van der Waals surface area contributed by atoms with Crippen LogP contribution in [0.15, 0.2) is 54.6 Å². The maximum Gasteiger partial charge on any atom is 0.182 e. The number of hydrogen-bond donors (Lipinski definition) is 0. The number of rotatable bonds is 4. The number of methoxy groups -OCH3 is 1. The van der Waals surface area contributed by atoms with Gasteiger partial charge >= 0.3 is 0 Å². The minimum absolute atomic E-state index is 0.0412. The SMILES string of the molecule is COc1ccc(C(=O)Cn2c(C#N)cc3ccccc32)cc1. The van der Waals surface area contributed by atoms with E-state index in [1.165, 1.54) is 0 Å². The number of hydrogen-bond acceptors (Lipinski definition) is 3. The van der Waals surface area contributed by atoms with E-state index in [-0.39, 0.29) is 12.3 Å². The van der Waals surface area contributed by atoms with Crippen molar-refractivity contribution in [2.24, 2.45) is 0 Å². The van der Waals surface area contributed by atoms with Gasteiger partial charge in [0.1, 0.15) is 17.5 Å². The highest BCUT2D eigenvalue weighted by molar-refractivity contribution is 5.97. The van der Waals surface area contributed by atoms with Gasteiger partial charge in [-0.2, -0.15) is 5.26 Å². The fraction of sp³-hybridized carbons (Fsp3) is 0.111. The van der Waals surface area contributed by atoms with E-state index in [2.05, 4.69) is 6.07 Å². The topological polar surface area (TPSA) is 55.0 Å². The van der Waals surface area contributed by atoms with Crippen LogP contribution in [0.4, 0.5) is 0 Å². The fourth-order valence-corrected chi connectivity index (χ4v) is 2.49. The van der Waals surface area contributed by atoms with E-state index in [9.17, 15) is 10.1 Å². The van der Waals surface area contributed by atoms with Crippen molar-refractivity contribution >= 4 is 16.7 Å². The van der Waals surface area contributed by atoms with Gasteiger partial charge in [0.2, 0.25) is 0 Å². The second-order valence-electron chi connectivity index (χ2n) is 4.94. The fourth-order valence-electron chi connectivity index (χ4n) is 2.49. The van der Waals surface area contributed by atoms with Crippen LogP contribution in [0.5, 0.6) is 5.75 Å². The summed E-state index contributed by atoms with van der Waals surface area (Å²) in [6.45, 7) is 0.142. The Morgan fingerprint density at radius 1 is 1.18 bits per heavy atom. The van der Waals surface area contributed by atoms with Crippen molar-refractivity contribution in [3.8, 4) is 11.8 Å². The molecule has 0 aliphatic carbocycles. The van der Waals surface area contributed by atoms with Crippen LogP contribution in [0.1, 0.15) is 16.1 Å². The lowest BCUT2D eigenvalue weighted by Gasteiger charge is -2.07. The minimum atomic E-state index is -0.0412. The molecule has 0 amide bonds. The summed E-state index contributed by atoms with van der Waals surface area (Å²) in [5.74, 6) is 0.668. The number of ketones is 1. The van der Waals surface area contributed by atoms with Gasteiger partial charge in [-0.3, -0.25) is 4.79 Å². The third-order valence-corrected chi connectivity index (χ3v) is 3.64. The standard InChI is InChI=1S/C18H14N2O2/c1-22-16-8-6-13(7-9-16)18(21)12-20-15(11-19)10-14-4-2-3-5-17(14)20/h2-10H,12H2,1H3. The maximum atomic E-state index is 12.5. The average molecular weight is 290 g/mol. The molecule has 0 bridgehead atoms. The largest absolute Gasteiger partial charge is 0.497 e.